The van der Waals surface area contributed by atoms with Crippen molar-refractivity contribution in [1.29, 1.82) is 0 Å². The number of allylic oxidation sites excluding steroid dienone is 1. The van der Waals surface area contributed by atoms with Crippen LogP contribution in [0.2, 0.25) is 10.0 Å². The lowest BCUT2D eigenvalue weighted by Gasteiger charge is -2.38. The summed E-state index contributed by atoms with van der Waals surface area (Å²) in [6.45, 7) is 5.95. The Morgan fingerprint density at radius 1 is 1.33 bits per heavy atom. The molecule has 1 aromatic rings. The SMILES string of the molecule is C=CCCC1(c2ccc(Cl)c(Cl)c2)CCCNC1. The van der Waals surface area contributed by atoms with Crippen molar-refractivity contribution in [3.05, 3.63) is 46.5 Å². The number of nitrogens with one attached hydrogen (secondary N) is 1. The molecule has 0 radical (unpaired) electrons. The molecular formula is C15H19Cl2N. The molecule has 3 heteroatoms. The molecule has 0 bridgehead atoms. The zero-order valence-electron chi connectivity index (χ0n) is 10.5. The predicted octanol–water partition coefficient (Wildman–Crippen LogP) is 4.58. The first-order valence-electron chi connectivity index (χ1n) is 6.45. The van der Waals surface area contributed by atoms with Gasteiger partial charge in [0, 0.05) is 12.0 Å². The smallest absolute Gasteiger partial charge is 0.0595 e. The molecule has 1 unspecified atom stereocenters. The molecule has 1 atom stereocenters. The Hall–Kier alpha value is -0.500. The fourth-order valence-electron chi connectivity index (χ4n) is 2.78. The van der Waals surface area contributed by atoms with E-state index in [4.69, 9.17) is 23.2 Å². The third-order valence-electron chi connectivity index (χ3n) is 3.83. The van der Waals surface area contributed by atoms with E-state index in [2.05, 4.69) is 18.0 Å². The van der Waals surface area contributed by atoms with Crippen LogP contribution in [0.25, 0.3) is 0 Å². The summed E-state index contributed by atoms with van der Waals surface area (Å²) in [5.41, 5.74) is 1.48. The second-order valence-corrected chi connectivity index (χ2v) is 5.83. The summed E-state index contributed by atoms with van der Waals surface area (Å²) < 4.78 is 0. The van der Waals surface area contributed by atoms with Crippen molar-refractivity contribution in [2.75, 3.05) is 13.1 Å². The van der Waals surface area contributed by atoms with Crippen LogP contribution in [-0.2, 0) is 5.41 Å². The molecule has 1 aliphatic rings. The molecule has 1 heterocycles. The molecule has 0 saturated carbocycles. The quantitative estimate of drug-likeness (QED) is 0.798. The van der Waals surface area contributed by atoms with Crippen LogP contribution < -0.4 is 5.32 Å². The number of piperidine rings is 1. The van der Waals surface area contributed by atoms with Crippen LogP contribution in [0, 0.1) is 0 Å². The average molecular weight is 284 g/mol. The van der Waals surface area contributed by atoms with Crippen molar-refractivity contribution < 1.29 is 0 Å². The Balaban J connectivity index is 2.31. The molecule has 1 nitrogen and oxygen atoms in total. The molecule has 1 aromatic carbocycles. The third-order valence-corrected chi connectivity index (χ3v) is 4.57. The summed E-state index contributed by atoms with van der Waals surface area (Å²) in [7, 11) is 0. The van der Waals surface area contributed by atoms with Gasteiger partial charge in [0.25, 0.3) is 0 Å². The fourth-order valence-corrected chi connectivity index (χ4v) is 3.07. The molecule has 98 valence electrons. The van der Waals surface area contributed by atoms with Crippen molar-refractivity contribution in [3.63, 3.8) is 0 Å². The Morgan fingerprint density at radius 3 is 2.78 bits per heavy atom. The second-order valence-electron chi connectivity index (χ2n) is 5.02. The Labute approximate surface area is 119 Å². The van der Waals surface area contributed by atoms with E-state index in [1.54, 1.807) is 0 Å². The standard InChI is InChI=1S/C15H19Cl2N/c1-2-3-7-15(8-4-9-18-11-15)12-5-6-13(16)14(17)10-12/h2,5-6,10,18H,1,3-4,7-9,11H2. The lowest BCUT2D eigenvalue weighted by atomic mass is 9.71. The van der Waals surface area contributed by atoms with Gasteiger partial charge in [-0.05, 0) is 49.9 Å². The molecule has 2 rings (SSSR count). The van der Waals surface area contributed by atoms with Gasteiger partial charge in [-0.15, -0.1) is 6.58 Å². The molecule has 1 saturated heterocycles. The maximum absolute atomic E-state index is 6.16. The molecule has 1 fully saturated rings. The first kappa shape index (κ1) is 13.9. The minimum Gasteiger partial charge on any atom is -0.316 e. The largest absolute Gasteiger partial charge is 0.316 e. The zero-order valence-corrected chi connectivity index (χ0v) is 12.0. The van der Waals surface area contributed by atoms with E-state index in [0.29, 0.717) is 10.0 Å². The van der Waals surface area contributed by atoms with E-state index in [9.17, 15) is 0 Å². The summed E-state index contributed by atoms with van der Waals surface area (Å²) in [5.74, 6) is 0. The van der Waals surface area contributed by atoms with Crippen LogP contribution in [0.1, 0.15) is 31.2 Å². The summed E-state index contributed by atoms with van der Waals surface area (Å²) in [5, 5.41) is 4.79. The Morgan fingerprint density at radius 2 is 2.17 bits per heavy atom. The topological polar surface area (TPSA) is 12.0 Å². The fraction of sp³-hybridized carbons (Fsp3) is 0.467. The Bertz CT molecular complexity index is 423. The van der Waals surface area contributed by atoms with E-state index in [1.165, 1.54) is 18.4 Å². The molecule has 0 aromatic heterocycles. The van der Waals surface area contributed by atoms with Gasteiger partial charge >= 0.3 is 0 Å². The molecule has 0 aliphatic carbocycles. The highest BCUT2D eigenvalue weighted by Gasteiger charge is 2.33. The highest BCUT2D eigenvalue weighted by atomic mass is 35.5. The van der Waals surface area contributed by atoms with Gasteiger partial charge in [0.05, 0.1) is 10.0 Å². The molecule has 1 aliphatic heterocycles. The van der Waals surface area contributed by atoms with Crippen LogP contribution in [0.15, 0.2) is 30.9 Å². The highest BCUT2D eigenvalue weighted by Crippen LogP contribution is 2.38. The molecule has 0 spiro atoms. The lowest BCUT2D eigenvalue weighted by molar-refractivity contribution is 0.294. The predicted molar refractivity (Wildman–Crippen MR) is 79.7 cm³/mol. The van der Waals surface area contributed by atoms with Crippen LogP contribution in [0.5, 0.6) is 0 Å². The van der Waals surface area contributed by atoms with E-state index in [-0.39, 0.29) is 5.41 Å². The molecule has 18 heavy (non-hydrogen) atoms. The first-order chi connectivity index (χ1) is 8.68. The van der Waals surface area contributed by atoms with Crippen LogP contribution in [0.3, 0.4) is 0 Å². The van der Waals surface area contributed by atoms with Gasteiger partial charge in [-0.1, -0.05) is 35.3 Å². The second kappa shape index (κ2) is 6.10. The average Bonchev–Trinajstić information content (AvgIpc) is 2.40. The van der Waals surface area contributed by atoms with E-state index in [1.807, 2.05) is 18.2 Å². The van der Waals surface area contributed by atoms with Crippen LogP contribution in [0.4, 0.5) is 0 Å². The molecule has 0 amide bonds. The number of hydrogen-bond donors (Lipinski definition) is 1. The van der Waals surface area contributed by atoms with E-state index in [0.717, 1.165) is 25.9 Å². The number of hydrogen-bond acceptors (Lipinski definition) is 1. The van der Waals surface area contributed by atoms with Gasteiger partial charge in [0.15, 0.2) is 0 Å². The summed E-state index contributed by atoms with van der Waals surface area (Å²) in [4.78, 5) is 0. The monoisotopic (exact) mass is 283 g/mol. The summed E-state index contributed by atoms with van der Waals surface area (Å²) in [6, 6.07) is 6.05. The van der Waals surface area contributed by atoms with Gasteiger partial charge in [-0.25, -0.2) is 0 Å². The zero-order chi connectivity index (χ0) is 13.0. The van der Waals surface area contributed by atoms with Crippen molar-refractivity contribution in [1.82, 2.24) is 5.32 Å². The van der Waals surface area contributed by atoms with E-state index >= 15 is 0 Å². The minimum absolute atomic E-state index is 0.181. The van der Waals surface area contributed by atoms with Gasteiger partial charge in [0.1, 0.15) is 0 Å². The van der Waals surface area contributed by atoms with Gasteiger partial charge < -0.3 is 5.32 Å². The van der Waals surface area contributed by atoms with Crippen molar-refractivity contribution in [3.8, 4) is 0 Å². The number of benzene rings is 1. The van der Waals surface area contributed by atoms with Crippen LogP contribution in [-0.4, -0.2) is 13.1 Å². The van der Waals surface area contributed by atoms with E-state index < -0.39 is 0 Å². The van der Waals surface area contributed by atoms with Crippen LogP contribution >= 0.6 is 23.2 Å². The van der Waals surface area contributed by atoms with Gasteiger partial charge in [-0.3, -0.25) is 0 Å². The third kappa shape index (κ3) is 2.90. The summed E-state index contributed by atoms with van der Waals surface area (Å²) in [6.07, 6.45) is 6.54. The summed E-state index contributed by atoms with van der Waals surface area (Å²) >= 11 is 12.2. The maximum atomic E-state index is 6.16. The normalized spacial score (nSPS) is 23.9. The van der Waals surface area contributed by atoms with Gasteiger partial charge in [0.2, 0.25) is 0 Å². The van der Waals surface area contributed by atoms with Crippen molar-refractivity contribution >= 4 is 23.2 Å². The van der Waals surface area contributed by atoms with Gasteiger partial charge in [-0.2, -0.15) is 0 Å². The number of halogens is 2. The van der Waals surface area contributed by atoms with Crippen molar-refractivity contribution in [2.24, 2.45) is 0 Å². The maximum Gasteiger partial charge on any atom is 0.0595 e. The number of rotatable bonds is 4. The molecule has 1 N–H and O–H groups in total. The Kier molecular flexibility index (Phi) is 4.71. The lowest BCUT2D eigenvalue weighted by Crippen LogP contribution is -2.43. The first-order valence-corrected chi connectivity index (χ1v) is 7.21. The minimum atomic E-state index is 0.181. The van der Waals surface area contributed by atoms with Crippen molar-refractivity contribution in [2.45, 2.75) is 31.1 Å². The highest BCUT2D eigenvalue weighted by molar-refractivity contribution is 6.42. The molecular weight excluding hydrogens is 265 g/mol.